The van der Waals surface area contributed by atoms with Gasteiger partial charge in [0.1, 0.15) is 0 Å². The average Bonchev–Trinajstić information content (AvgIpc) is 1.43. The molecule has 0 atom stereocenters. The molecule has 0 aliphatic rings. The van der Waals surface area contributed by atoms with E-state index >= 15 is 0 Å². The molecule has 0 aromatic carbocycles. The Bertz CT molecular complexity index is 311. The molecule has 0 amide bonds. The summed E-state index contributed by atoms with van der Waals surface area (Å²) in [6.07, 6.45) is -5.48. The van der Waals surface area contributed by atoms with E-state index in [9.17, 15) is 26.2 Å². The van der Waals surface area contributed by atoms with Gasteiger partial charge in [0, 0.05) is 0 Å². The average molecular weight is 244 g/mol. The summed E-state index contributed by atoms with van der Waals surface area (Å²) in [4.78, 5) is 16.1. The maximum Gasteiger partial charge on any atom is 0.537 e. The third-order valence-corrected chi connectivity index (χ3v) is 3.60. The summed E-state index contributed by atoms with van der Waals surface area (Å²) >= 11 is 0. The van der Waals surface area contributed by atoms with E-state index < -0.39 is 29.6 Å². The fourth-order valence-electron chi connectivity index (χ4n) is 0.376. The lowest BCUT2D eigenvalue weighted by Gasteiger charge is -2.07. The maximum absolute atomic E-state index is 11.3. The van der Waals surface area contributed by atoms with Crippen LogP contribution in [0.1, 0.15) is 0 Å². The van der Waals surface area contributed by atoms with Crippen LogP contribution in [0, 0.1) is 0 Å². The van der Waals surface area contributed by atoms with Gasteiger partial charge in [0.2, 0.25) is 0 Å². The van der Waals surface area contributed by atoms with E-state index in [1.807, 2.05) is 0 Å². The highest BCUT2D eigenvalue weighted by Crippen LogP contribution is 2.37. The van der Waals surface area contributed by atoms with E-state index in [2.05, 4.69) is 4.18 Å². The molecule has 0 aromatic rings. The van der Waals surface area contributed by atoms with Crippen LogP contribution < -0.4 is 0 Å². The second kappa shape index (κ2) is 3.54. The van der Waals surface area contributed by atoms with Crippen molar-refractivity contribution in [3.8, 4) is 0 Å². The van der Waals surface area contributed by atoms with Gasteiger partial charge in [-0.25, -0.2) is 0 Å². The van der Waals surface area contributed by atoms with E-state index in [-0.39, 0.29) is 0 Å². The van der Waals surface area contributed by atoms with Crippen molar-refractivity contribution >= 4 is 17.7 Å². The third kappa shape index (κ3) is 8.19. The first-order valence-corrected chi connectivity index (χ1v) is 5.83. The summed E-state index contributed by atoms with van der Waals surface area (Å²) < 4.78 is 66.8. The molecule has 80 valence electrons. The first-order valence-electron chi connectivity index (χ1n) is 2.46. The largest absolute Gasteiger partial charge is 0.537 e. The van der Waals surface area contributed by atoms with Crippen LogP contribution >= 0.6 is 7.60 Å². The van der Waals surface area contributed by atoms with Crippen LogP contribution in [0.15, 0.2) is 0 Å². The van der Waals surface area contributed by atoms with Crippen molar-refractivity contribution in [3.63, 3.8) is 0 Å². The van der Waals surface area contributed by atoms with Gasteiger partial charge in [0.25, 0.3) is 10.1 Å². The summed E-state index contributed by atoms with van der Waals surface area (Å²) in [5.74, 6) is 0. The third-order valence-electron chi connectivity index (χ3n) is 0.548. The Labute approximate surface area is 70.6 Å². The van der Waals surface area contributed by atoms with Gasteiger partial charge in [-0.05, 0) is 0 Å². The summed E-state index contributed by atoms with van der Waals surface area (Å²) in [6, 6.07) is 0. The number of halogens is 3. The molecular weight excluding hydrogens is 240 g/mol. The number of hydrogen-bond donors (Lipinski definition) is 2. The van der Waals surface area contributed by atoms with Crippen molar-refractivity contribution in [2.24, 2.45) is 0 Å². The topological polar surface area (TPSA) is 101 Å². The Morgan fingerprint density at radius 2 is 1.69 bits per heavy atom. The van der Waals surface area contributed by atoms with Crippen LogP contribution in [-0.4, -0.2) is 30.1 Å². The molecule has 0 spiro atoms. The summed E-state index contributed by atoms with van der Waals surface area (Å²) in [5, 5.41) is 0. The second-order valence-electron chi connectivity index (χ2n) is 1.88. The lowest BCUT2D eigenvalue weighted by molar-refractivity contribution is -0.271. The lowest BCUT2D eigenvalue weighted by atomic mass is 11.4. The Kier molecular flexibility index (Phi) is 3.50. The van der Waals surface area contributed by atoms with Crippen LogP contribution in [-0.2, 0) is 18.9 Å². The number of rotatable bonds is 3. The second-order valence-corrected chi connectivity index (χ2v) is 5.52. The minimum Gasteiger partial charge on any atom is -0.324 e. The standard InChI is InChI=1S/C2H4F3O6PS/c3-2(4,5)11-13(9,10)1-12(6,7)8/h1H2,(H2,6,7,8). The van der Waals surface area contributed by atoms with E-state index in [1.54, 1.807) is 0 Å². The highest BCUT2D eigenvalue weighted by molar-refractivity contribution is 7.93. The molecule has 0 radical (unpaired) electrons. The molecule has 0 saturated heterocycles. The molecule has 0 bridgehead atoms. The summed E-state index contributed by atoms with van der Waals surface area (Å²) in [7, 11) is -10.4. The first-order chi connectivity index (χ1) is 5.41. The van der Waals surface area contributed by atoms with Gasteiger partial charge >= 0.3 is 14.0 Å². The molecule has 0 saturated carbocycles. The lowest BCUT2D eigenvalue weighted by Crippen LogP contribution is -2.21. The normalized spacial score (nSPS) is 14.5. The Balaban J connectivity index is 4.55. The zero-order chi connectivity index (χ0) is 10.9. The van der Waals surface area contributed by atoms with Gasteiger partial charge in [0.15, 0.2) is 5.49 Å². The van der Waals surface area contributed by atoms with Gasteiger partial charge in [-0.15, -0.1) is 13.2 Å². The SMILES string of the molecule is O=P(O)(O)CS(=O)(=O)OC(F)(F)F. The van der Waals surface area contributed by atoms with Crippen LogP contribution in [0.3, 0.4) is 0 Å². The van der Waals surface area contributed by atoms with E-state index in [4.69, 9.17) is 9.79 Å². The maximum atomic E-state index is 11.3. The first kappa shape index (κ1) is 12.8. The minimum absolute atomic E-state index is 2.00. The smallest absolute Gasteiger partial charge is 0.324 e. The highest BCUT2D eigenvalue weighted by Gasteiger charge is 2.39. The zero-order valence-corrected chi connectivity index (χ0v) is 7.43. The van der Waals surface area contributed by atoms with Gasteiger partial charge in [-0.3, -0.25) is 4.57 Å². The molecule has 0 rings (SSSR count). The number of alkyl halides is 3. The Hall–Kier alpha value is -0.150. The van der Waals surface area contributed by atoms with Gasteiger partial charge in [0.05, 0.1) is 0 Å². The summed E-state index contributed by atoms with van der Waals surface area (Å²) in [6.45, 7) is 0. The van der Waals surface area contributed by atoms with Crippen LogP contribution in [0.25, 0.3) is 0 Å². The fourth-order valence-corrected chi connectivity index (χ4v) is 2.52. The molecular formula is C2H4F3O6PS. The van der Waals surface area contributed by atoms with Crippen molar-refractivity contribution in [2.75, 3.05) is 5.49 Å². The Morgan fingerprint density at radius 1 is 1.31 bits per heavy atom. The number of hydrogen-bond acceptors (Lipinski definition) is 4. The van der Waals surface area contributed by atoms with Crippen molar-refractivity contribution in [2.45, 2.75) is 6.36 Å². The molecule has 0 aliphatic heterocycles. The van der Waals surface area contributed by atoms with Crippen LogP contribution in [0.2, 0.25) is 0 Å². The van der Waals surface area contributed by atoms with Crippen molar-refractivity contribution in [1.82, 2.24) is 0 Å². The molecule has 0 unspecified atom stereocenters. The van der Waals surface area contributed by atoms with Gasteiger partial charge in [-0.2, -0.15) is 12.6 Å². The molecule has 6 nitrogen and oxygen atoms in total. The van der Waals surface area contributed by atoms with Crippen molar-refractivity contribution in [3.05, 3.63) is 0 Å². The Morgan fingerprint density at radius 3 is 1.92 bits per heavy atom. The van der Waals surface area contributed by atoms with Gasteiger partial charge in [-0.1, -0.05) is 0 Å². The molecule has 0 aliphatic carbocycles. The zero-order valence-electron chi connectivity index (χ0n) is 5.72. The van der Waals surface area contributed by atoms with Crippen LogP contribution in [0.5, 0.6) is 0 Å². The predicted octanol–water partition coefficient (Wildman–Crippen LogP) is -0.0122. The molecule has 0 fully saturated rings. The quantitative estimate of drug-likeness (QED) is 0.534. The van der Waals surface area contributed by atoms with Gasteiger partial charge < -0.3 is 9.79 Å². The molecule has 13 heavy (non-hydrogen) atoms. The molecule has 11 heteroatoms. The molecule has 2 N–H and O–H groups in total. The van der Waals surface area contributed by atoms with E-state index in [0.717, 1.165) is 0 Å². The minimum atomic E-state index is -5.48. The van der Waals surface area contributed by atoms with Crippen molar-refractivity contribution < 1.29 is 40.1 Å². The molecule has 0 aromatic heterocycles. The van der Waals surface area contributed by atoms with E-state index in [0.29, 0.717) is 0 Å². The van der Waals surface area contributed by atoms with Crippen LogP contribution in [0.4, 0.5) is 13.2 Å². The fraction of sp³-hybridized carbons (Fsp3) is 1.00. The van der Waals surface area contributed by atoms with Crippen molar-refractivity contribution in [1.29, 1.82) is 0 Å². The predicted molar refractivity (Wildman–Crippen MR) is 33.0 cm³/mol. The summed E-state index contributed by atoms with van der Waals surface area (Å²) in [5.41, 5.74) is -2.00. The monoisotopic (exact) mass is 244 g/mol. The van der Waals surface area contributed by atoms with E-state index in [1.165, 1.54) is 0 Å². The highest BCUT2D eigenvalue weighted by atomic mass is 32.2. The molecule has 0 heterocycles.